The summed E-state index contributed by atoms with van der Waals surface area (Å²) in [5.41, 5.74) is 0. The van der Waals surface area contributed by atoms with Gasteiger partial charge in [-0.3, -0.25) is 0 Å². The fourth-order valence-corrected chi connectivity index (χ4v) is 3.78. The molecule has 86 valence electrons. The van der Waals surface area contributed by atoms with Crippen molar-refractivity contribution >= 4 is 11.6 Å². The SMILES string of the molecule is C[C@@H]1CO[C@@H]([C@@H]2C[C@@H]3C[C@@H]2[C@H](O)[C@@H]3Cl)O1. The van der Waals surface area contributed by atoms with Gasteiger partial charge in [0.05, 0.1) is 24.2 Å². The number of aliphatic hydroxyl groups is 1. The molecule has 1 saturated heterocycles. The summed E-state index contributed by atoms with van der Waals surface area (Å²) in [6.45, 7) is 2.70. The van der Waals surface area contributed by atoms with Crippen LogP contribution in [0, 0.1) is 17.8 Å². The van der Waals surface area contributed by atoms with Gasteiger partial charge in [-0.1, -0.05) is 0 Å². The number of fused-ring (bicyclic) bond motifs is 2. The molecule has 3 fully saturated rings. The van der Waals surface area contributed by atoms with Crippen LogP contribution in [-0.4, -0.2) is 35.6 Å². The zero-order chi connectivity index (χ0) is 10.6. The molecular formula is C11H17ClO3. The van der Waals surface area contributed by atoms with Gasteiger partial charge in [-0.2, -0.15) is 0 Å². The molecule has 0 amide bonds. The molecule has 15 heavy (non-hydrogen) atoms. The second kappa shape index (κ2) is 3.59. The van der Waals surface area contributed by atoms with E-state index in [1.807, 2.05) is 6.92 Å². The molecule has 0 unspecified atom stereocenters. The van der Waals surface area contributed by atoms with Crippen molar-refractivity contribution in [1.82, 2.24) is 0 Å². The summed E-state index contributed by atoms with van der Waals surface area (Å²) in [6, 6.07) is 0. The molecule has 0 aromatic rings. The van der Waals surface area contributed by atoms with Crippen molar-refractivity contribution in [3.05, 3.63) is 0 Å². The minimum absolute atomic E-state index is 0.0509. The summed E-state index contributed by atoms with van der Waals surface area (Å²) < 4.78 is 11.3. The van der Waals surface area contributed by atoms with Gasteiger partial charge in [0.15, 0.2) is 6.29 Å². The average molecular weight is 233 g/mol. The summed E-state index contributed by atoms with van der Waals surface area (Å²) in [5, 5.41) is 9.89. The van der Waals surface area contributed by atoms with E-state index in [1.165, 1.54) is 0 Å². The Morgan fingerprint density at radius 1 is 1.27 bits per heavy atom. The maximum absolute atomic E-state index is 9.94. The highest BCUT2D eigenvalue weighted by Gasteiger charge is 2.55. The molecular weight excluding hydrogens is 216 g/mol. The largest absolute Gasteiger partial charge is 0.391 e. The Hall–Kier alpha value is 0.170. The topological polar surface area (TPSA) is 38.7 Å². The van der Waals surface area contributed by atoms with E-state index in [-0.39, 0.29) is 29.8 Å². The Morgan fingerprint density at radius 3 is 2.53 bits per heavy atom. The van der Waals surface area contributed by atoms with E-state index in [0.29, 0.717) is 18.4 Å². The van der Waals surface area contributed by atoms with Crippen molar-refractivity contribution in [3.8, 4) is 0 Å². The van der Waals surface area contributed by atoms with Crippen molar-refractivity contribution < 1.29 is 14.6 Å². The highest BCUT2D eigenvalue weighted by molar-refractivity contribution is 6.21. The van der Waals surface area contributed by atoms with E-state index in [2.05, 4.69) is 0 Å². The third kappa shape index (κ3) is 1.52. The first-order chi connectivity index (χ1) is 7.16. The summed E-state index contributed by atoms with van der Waals surface area (Å²) in [5.74, 6) is 1.09. The molecule has 1 heterocycles. The third-order valence-electron chi connectivity index (χ3n) is 4.13. The van der Waals surface area contributed by atoms with Crippen LogP contribution in [-0.2, 0) is 9.47 Å². The molecule has 2 saturated carbocycles. The number of hydrogen-bond donors (Lipinski definition) is 1. The lowest BCUT2D eigenvalue weighted by molar-refractivity contribution is -0.120. The van der Waals surface area contributed by atoms with E-state index in [1.54, 1.807) is 0 Å². The minimum Gasteiger partial charge on any atom is -0.391 e. The molecule has 0 aromatic heterocycles. The zero-order valence-electron chi connectivity index (χ0n) is 8.80. The van der Waals surface area contributed by atoms with Crippen LogP contribution in [0.25, 0.3) is 0 Å². The molecule has 1 N–H and O–H groups in total. The molecule has 4 heteroatoms. The van der Waals surface area contributed by atoms with Gasteiger partial charge in [0.25, 0.3) is 0 Å². The molecule has 2 bridgehead atoms. The summed E-state index contributed by atoms with van der Waals surface area (Å²) in [6.07, 6.45) is 1.82. The molecule has 3 aliphatic rings. The monoisotopic (exact) mass is 232 g/mol. The van der Waals surface area contributed by atoms with Gasteiger partial charge in [0.1, 0.15) is 0 Å². The number of hydrogen-bond acceptors (Lipinski definition) is 3. The van der Waals surface area contributed by atoms with Crippen molar-refractivity contribution in [1.29, 1.82) is 0 Å². The van der Waals surface area contributed by atoms with Crippen molar-refractivity contribution in [2.45, 2.75) is 43.6 Å². The number of halogens is 1. The third-order valence-corrected chi connectivity index (χ3v) is 4.74. The van der Waals surface area contributed by atoms with Crippen LogP contribution in [0.5, 0.6) is 0 Å². The molecule has 0 spiro atoms. The highest BCUT2D eigenvalue weighted by Crippen LogP contribution is 2.52. The van der Waals surface area contributed by atoms with Gasteiger partial charge in [0.2, 0.25) is 0 Å². The van der Waals surface area contributed by atoms with Crippen LogP contribution < -0.4 is 0 Å². The van der Waals surface area contributed by atoms with Gasteiger partial charge in [0, 0.05) is 5.92 Å². The molecule has 2 aliphatic carbocycles. The fourth-order valence-electron chi connectivity index (χ4n) is 3.39. The minimum atomic E-state index is -0.362. The molecule has 0 radical (unpaired) electrons. The lowest BCUT2D eigenvalue weighted by atomic mass is 9.86. The first-order valence-electron chi connectivity index (χ1n) is 5.76. The fraction of sp³-hybridized carbons (Fsp3) is 1.00. The van der Waals surface area contributed by atoms with E-state index < -0.39 is 0 Å². The smallest absolute Gasteiger partial charge is 0.161 e. The maximum Gasteiger partial charge on any atom is 0.161 e. The van der Waals surface area contributed by atoms with Gasteiger partial charge < -0.3 is 14.6 Å². The second-order valence-electron chi connectivity index (χ2n) is 5.14. The Bertz CT molecular complexity index is 258. The molecule has 0 aromatic carbocycles. The van der Waals surface area contributed by atoms with E-state index in [4.69, 9.17) is 21.1 Å². The van der Waals surface area contributed by atoms with Gasteiger partial charge in [-0.15, -0.1) is 11.6 Å². The molecule has 3 rings (SSSR count). The van der Waals surface area contributed by atoms with Crippen LogP contribution in [0.3, 0.4) is 0 Å². The van der Waals surface area contributed by atoms with E-state index in [0.717, 1.165) is 12.8 Å². The number of ether oxygens (including phenoxy) is 2. The van der Waals surface area contributed by atoms with Crippen LogP contribution >= 0.6 is 11.6 Å². The van der Waals surface area contributed by atoms with Gasteiger partial charge in [-0.05, 0) is 31.6 Å². The van der Waals surface area contributed by atoms with Gasteiger partial charge in [-0.25, -0.2) is 0 Å². The normalized spacial score (nSPS) is 59.0. The maximum atomic E-state index is 9.94. The van der Waals surface area contributed by atoms with Crippen molar-refractivity contribution in [2.75, 3.05) is 6.61 Å². The van der Waals surface area contributed by atoms with Crippen molar-refractivity contribution in [2.24, 2.45) is 17.8 Å². The average Bonchev–Trinajstić information content (AvgIpc) is 2.85. The first-order valence-corrected chi connectivity index (χ1v) is 6.19. The van der Waals surface area contributed by atoms with E-state index >= 15 is 0 Å². The highest BCUT2D eigenvalue weighted by atomic mass is 35.5. The number of rotatable bonds is 1. The van der Waals surface area contributed by atoms with Crippen LogP contribution in [0.2, 0.25) is 0 Å². The Balaban J connectivity index is 1.70. The van der Waals surface area contributed by atoms with Gasteiger partial charge >= 0.3 is 0 Å². The Morgan fingerprint density at radius 2 is 2.00 bits per heavy atom. The Kier molecular flexibility index (Phi) is 2.47. The first kappa shape index (κ1) is 10.3. The lowest BCUT2D eigenvalue weighted by Crippen LogP contribution is -2.39. The summed E-state index contributed by atoms with van der Waals surface area (Å²) >= 11 is 6.13. The van der Waals surface area contributed by atoms with Crippen LogP contribution in [0.15, 0.2) is 0 Å². The summed E-state index contributed by atoms with van der Waals surface area (Å²) in [7, 11) is 0. The number of aliphatic hydroxyl groups excluding tert-OH is 1. The number of alkyl halides is 1. The van der Waals surface area contributed by atoms with Crippen LogP contribution in [0.4, 0.5) is 0 Å². The Labute approximate surface area is 94.7 Å². The molecule has 7 atom stereocenters. The predicted octanol–water partition coefficient (Wildman–Crippen LogP) is 1.37. The van der Waals surface area contributed by atoms with E-state index in [9.17, 15) is 5.11 Å². The zero-order valence-corrected chi connectivity index (χ0v) is 9.56. The molecule has 1 aliphatic heterocycles. The standard InChI is InChI=1S/C11H17ClO3/c1-5-4-14-11(15-5)8-3-6-2-7(8)10(13)9(6)12/h5-11,13H,2-4H2,1H3/t5-,6+,7+,8-,9-,10+,11-/m1/s1. The molecule has 3 nitrogen and oxygen atoms in total. The predicted molar refractivity (Wildman–Crippen MR) is 55.6 cm³/mol. The quantitative estimate of drug-likeness (QED) is 0.694. The lowest BCUT2D eigenvalue weighted by Gasteiger charge is -2.32. The van der Waals surface area contributed by atoms with Crippen molar-refractivity contribution in [3.63, 3.8) is 0 Å². The summed E-state index contributed by atoms with van der Waals surface area (Å²) in [4.78, 5) is 0. The second-order valence-corrected chi connectivity index (χ2v) is 5.65. The van der Waals surface area contributed by atoms with Crippen LogP contribution in [0.1, 0.15) is 19.8 Å².